The fourth-order valence-electron chi connectivity index (χ4n) is 2.69. The molecule has 3 nitrogen and oxygen atoms in total. The highest BCUT2D eigenvalue weighted by Gasteiger charge is 2.27. The Bertz CT molecular complexity index is 648. The number of halogens is 2. The van der Waals surface area contributed by atoms with Crippen molar-refractivity contribution in [3.05, 3.63) is 56.5 Å². The van der Waals surface area contributed by atoms with Crippen LogP contribution in [0.3, 0.4) is 0 Å². The van der Waals surface area contributed by atoms with Gasteiger partial charge in [0.2, 0.25) is 0 Å². The Morgan fingerprint density at radius 3 is 2.95 bits per heavy atom. The minimum absolute atomic E-state index is 0.229. The Hall–Kier alpha value is -0.970. The van der Waals surface area contributed by atoms with Crippen LogP contribution in [-0.4, -0.2) is 17.1 Å². The number of hydrogen-bond acceptors (Lipinski definition) is 3. The molecule has 0 fully saturated rings. The van der Waals surface area contributed by atoms with Gasteiger partial charge in [0.15, 0.2) is 0 Å². The first-order valence-electron chi connectivity index (χ1n) is 6.49. The molecule has 1 aliphatic carbocycles. The minimum Gasteiger partial charge on any atom is -0.378 e. The van der Waals surface area contributed by atoms with Crippen LogP contribution in [0.15, 0.2) is 28.7 Å². The number of aryl methyl sites for hydroxylation is 1. The van der Waals surface area contributed by atoms with Gasteiger partial charge in [0.05, 0.1) is 16.8 Å². The molecule has 2 aromatic rings. The number of fused-ring (bicyclic) bond motifs is 1. The van der Waals surface area contributed by atoms with E-state index in [0.717, 1.165) is 28.8 Å². The van der Waals surface area contributed by atoms with E-state index < -0.39 is 0 Å². The van der Waals surface area contributed by atoms with E-state index >= 15 is 0 Å². The Kier molecular flexibility index (Phi) is 4.06. The fraction of sp³-hybridized carbons (Fsp3) is 0.333. The first-order valence-corrected chi connectivity index (χ1v) is 7.66. The molecule has 5 heteroatoms. The minimum atomic E-state index is 0.229. The highest BCUT2D eigenvalue weighted by Crippen LogP contribution is 2.37. The van der Waals surface area contributed by atoms with Crippen molar-refractivity contribution in [1.82, 2.24) is 9.97 Å². The summed E-state index contributed by atoms with van der Waals surface area (Å²) in [7, 11) is 1.65. The van der Waals surface area contributed by atoms with E-state index in [1.807, 2.05) is 0 Å². The zero-order valence-electron chi connectivity index (χ0n) is 11.1. The van der Waals surface area contributed by atoms with Gasteiger partial charge in [-0.05, 0) is 39.9 Å². The summed E-state index contributed by atoms with van der Waals surface area (Å²) in [6.07, 6.45) is 2.10. The molecule has 0 spiro atoms. The molecule has 1 atom stereocenters. The lowest BCUT2D eigenvalue weighted by molar-refractivity contribution is 0.180. The standard InChI is InChI=1S/C15H14BrClN2O/c1-20-8-12-13(16)14(17)19-15(18-12)11-7-6-9-4-2-3-5-10(9)11/h2-5,11H,6-8H2,1H3. The summed E-state index contributed by atoms with van der Waals surface area (Å²) in [5.74, 6) is 1.02. The van der Waals surface area contributed by atoms with Crippen LogP contribution in [-0.2, 0) is 17.8 Å². The van der Waals surface area contributed by atoms with Crippen LogP contribution < -0.4 is 0 Å². The summed E-state index contributed by atoms with van der Waals surface area (Å²) in [5, 5.41) is 0.450. The van der Waals surface area contributed by atoms with Crippen LogP contribution in [0.25, 0.3) is 0 Å². The summed E-state index contributed by atoms with van der Waals surface area (Å²) in [4.78, 5) is 9.08. The van der Waals surface area contributed by atoms with Crippen molar-refractivity contribution in [1.29, 1.82) is 0 Å². The second-order valence-corrected chi connectivity index (χ2v) is 6.01. The number of methoxy groups -OCH3 is 1. The van der Waals surface area contributed by atoms with Crippen LogP contribution in [0.1, 0.15) is 35.0 Å². The van der Waals surface area contributed by atoms with Crippen LogP contribution in [0, 0.1) is 0 Å². The number of hydrogen-bond donors (Lipinski definition) is 0. The van der Waals surface area contributed by atoms with Crippen molar-refractivity contribution in [3.8, 4) is 0 Å². The van der Waals surface area contributed by atoms with Gasteiger partial charge in [-0.15, -0.1) is 0 Å². The molecule has 1 heterocycles. The molecular weight excluding hydrogens is 340 g/mol. The third-order valence-corrected chi connectivity index (χ3v) is 4.96. The van der Waals surface area contributed by atoms with Crippen molar-refractivity contribution in [2.45, 2.75) is 25.4 Å². The van der Waals surface area contributed by atoms with Crippen molar-refractivity contribution in [3.63, 3.8) is 0 Å². The predicted octanol–water partition coefficient (Wildman–Crippen LogP) is 4.12. The van der Waals surface area contributed by atoms with Gasteiger partial charge in [-0.1, -0.05) is 35.9 Å². The predicted molar refractivity (Wildman–Crippen MR) is 82.1 cm³/mol. The van der Waals surface area contributed by atoms with Gasteiger partial charge in [0.1, 0.15) is 11.0 Å². The monoisotopic (exact) mass is 352 g/mol. The second kappa shape index (κ2) is 5.80. The summed E-state index contributed by atoms with van der Waals surface area (Å²) in [5.41, 5.74) is 3.49. The Balaban J connectivity index is 2.03. The largest absolute Gasteiger partial charge is 0.378 e. The van der Waals surface area contributed by atoms with E-state index in [-0.39, 0.29) is 5.92 Å². The number of benzene rings is 1. The third kappa shape index (κ3) is 2.48. The zero-order valence-corrected chi connectivity index (χ0v) is 13.4. The molecule has 20 heavy (non-hydrogen) atoms. The van der Waals surface area contributed by atoms with E-state index in [9.17, 15) is 0 Å². The molecule has 1 aromatic heterocycles. The fourth-order valence-corrected chi connectivity index (χ4v) is 3.18. The molecule has 1 aliphatic rings. The van der Waals surface area contributed by atoms with Crippen molar-refractivity contribution < 1.29 is 4.74 Å². The summed E-state index contributed by atoms with van der Waals surface area (Å²) < 4.78 is 5.89. The third-order valence-electron chi connectivity index (χ3n) is 3.62. The molecule has 0 amide bonds. The normalized spacial score (nSPS) is 17.2. The van der Waals surface area contributed by atoms with Crippen molar-refractivity contribution in [2.24, 2.45) is 0 Å². The van der Waals surface area contributed by atoms with Gasteiger partial charge in [0.25, 0.3) is 0 Å². The molecule has 0 saturated heterocycles. The van der Waals surface area contributed by atoms with Gasteiger partial charge < -0.3 is 4.74 Å². The average molecular weight is 354 g/mol. The Morgan fingerprint density at radius 2 is 2.15 bits per heavy atom. The van der Waals surface area contributed by atoms with Gasteiger partial charge in [0, 0.05) is 13.0 Å². The van der Waals surface area contributed by atoms with Crippen LogP contribution in [0.4, 0.5) is 0 Å². The van der Waals surface area contributed by atoms with Crippen molar-refractivity contribution >= 4 is 27.5 Å². The summed E-state index contributed by atoms with van der Waals surface area (Å²) in [6.45, 7) is 0.421. The van der Waals surface area contributed by atoms with Crippen molar-refractivity contribution in [2.75, 3.05) is 7.11 Å². The lowest BCUT2D eigenvalue weighted by Gasteiger charge is -2.13. The van der Waals surface area contributed by atoms with E-state index in [2.05, 4.69) is 50.2 Å². The molecule has 1 unspecified atom stereocenters. The Morgan fingerprint density at radius 1 is 1.35 bits per heavy atom. The molecule has 0 radical (unpaired) electrons. The first-order chi connectivity index (χ1) is 9.70. The van der Waals surface area contributed by atoms with E-state index in [0.29, 0.717) is 11.8 Å². The zero-order chi connectivity index (χ0) is 14.1. The molecule has 0 bridgehead atoms. The van der Waals surface area contributed by atoms with Crippen LogP contribution in [0.5, 0.6) is 0 Å². The maximum Gasteiger partial charge on any atom is 0.147 e. The lowest BCUT2D eigenvalue weighted by Crippen LogP contribution is -2.07. The molecule has 0 N–H and O–H groups in total. The van der Waals surface area contributed by atoms with E-state index in [1.54, 1.807) is 7.11 Å². The SMILES string of the molecule is COCc1nc(C2CCc3ccccc32)nc(Cl)c1Br. The number of aromatic nitrogens is 2. The molecular formula is C15H14BrClN2O. The first kappa shape index (κ1) is 14.0. The highest BCUT2D eigenvalue weighted by molar-refractivity contribution is 9.10. The van der Waals surface area contributed by atoms with E-state index in [4.69, 9.17) is 16.3 Å². The lowest BCUT2D eigenvalue weighted by atomic mass is 10.0. The average Bonchev–Trinajstić information content (AvgIpc) is 2.88. The summed E-state index contributed by atoms with van der Waals surface area (Å²) >= 11 is 9.63. The molecule has 3 rings (SSSR count). The number of ether oxygens (including phenoxy) is 1. The molecule has 104 valence electrons. The molecule has 0 aliphatic heterocycles. The second-order valence-electron chi connectivity index (χ2n) is 4.86. The van der Waals surface area contributed by atoms with E-state index in [1.165, 1.54) is 11.1 Å². The smallest absolute Gasteiger partial charge is 0.147 e. The topological polar surface area (TPSA) is 35.0 Å². The number of nitrogens with zero attached hydrogens (tertiary/aromatic N) is 2. The maximum atomic E-state index is 6.21. The van der Waals surface area contributed by atoms with Gasteiger partial charge in [-0.2, -0.15) is 0 Å². The van der Waals surface area contributed by atoms with Gasteiger partial charge in [-0.25, -0.2) is 9.97 Å². The Labute approximate surface area is 131 Å². The highest BCUT2D eigenvalue weighted by atomic mass is 79.9. The van der Waals surface area contributed by atoms with Crippen LogP contribution in [0.2, 0.25) is 5.15 Å². The number of rotatable bonds is 3. The molecule has 0 saturated carbocycles. The quantitative estimate of drug-likeness (QED) is 0.779. The summed E-state index contributed by atoms with van der Waals surface area (Å²) in [6, 6.07) is 8.47. The van der Waals surface area contributed by atoms with Gasteiger partial charge >= 0.3 is 0 Å². The maximum absolute atomic E-state index is 6.21. The molecule has 1 aromatic carbocycles. The van der Waals surface area contributed by atoms with Crippen LogP contribution >= 0.6 is 27.5 Å². The van der Waals surface area contributed by atoms with Gasteiger partial charge in [-0.3, -0.25) is 0 Å².